The first-order chi connectivity index (χ1) is 18.8. The number of carbonyl (C=O) groups excluding carboxylic acids is 1. The molecular weight excluding hydrogens is 492 g/mol. The van der Waals surface area contributed by atoms with Crippen LogP contribution < -0.4 is 5.32 Å². The molecule has 204 valence electrons. The highest BCUT2D eigenvalue weighted by Gasteiger charge is 2.41. The largest absolute Gasteiger partial charge is 0.391 e. The molecule has 1 aliphatic rings. The van der Waals surface area contributed by atoms with E-state index < -0.39 is 6.10 Å². The molecular formula is C29H36N8O2. The minimum atomic E-state index is -0.533. The molecule has 1 amide bonds. The van der Waals surface area contributed by atoms with E-state index >= 15 is 0 Å². The van der Waals surface area contributed by atoms with Crippen molar-refractivity contribution in [3.8, 4) is 11.3 Å². The molecule has 4 aromatic rings. The monoisotopic (exact) mass is 528 g/mol. The maximum atomic E-state index is 14.0. The number of tetrazole rings is 1. The van der Waals surface area contributed by atoms with Crippen LogP contribution in [-0.4, -0.2) is 71.4 Å². The lowest BCUT2D eigenvalue weighted by Gasteiger charge is -2.41. The zero-order valence-corrected chi connectivity index (χ0v) is 22.7. The average molecular weight is 529 g/mol. The van der Waals surface area contributed by atoms with Gasteiger partial charge in [-0.05, 0) is 16.2 Å². The van der Waals surface area contributed by atoms with Gasteiger partial charge in [-0.1, -0.05) is 81.4 Å². The van der Waals surface area contributed by atoms with Crippen LogP contribution in [0.2, 0.25) is 0 Å². The minimum Gasteiger partial charge on any atom is -0.391 e. The van der Waals surface area contributed by atoms with E-state index in [4.69, 9.17) is 4.98 Å². The van der Waals surface area contributed by atoms with Gasteiger partial charge in [0.1, 0.15) is 12.4 Å². The number of β-amino-alcohol motifs (C(OH)–C–C–N with tert-alkyl or cyclic N) is 1. The lowest BCUT2D eigenvalue weighted by Crippen LogP contribution is -2.47. The molecule has 10 nitrogen and oxygen atoms in total. The van der Waals surface area contributed by atoms with Gasteiger partial charge in [0, 0.05) is 43.9 Å². The predicted octanol–water partition coefficient (Wildman–Crippen LogP) is 2.78. The molecule has 1 aliphatic heterocycles. The van der Waals surface area contributed by atoms with Gasteiger partial charge >= 0.3 is 0 Å². The Morgan fingerprint density at radius 1 is 1.10 bits per heavy atom. The first kappa shape index (κ1) is 26.7. The molecule has 0 spiro atoms. The highest BCUT2D eigenvalue weighted by atomic mass is 16.3. The molecule has 0 radical (unpaired) electrons. The molecule has 3 atom stereocenters. The van der Waals surface area contributed by atoms with Gasteiger partial charge in [0.05, 0.1) is 17.8 Å². The van der Waals surface area contributed by atoms with E-state index in [-0.39, 0.29) is 29.8 Å². The van der Waals surface area contributed by atoms with Crippen molar-refractivity contribution in [2.75, 3.05) is 19.6 Å². The molecule has 1 fully saturated rings. The number of aliphatic hydroxyl groups is 1. The standard InChI is InChI=1S/C29H36N8O2/c1-29(2,3)27(36(17-23-14-30-15-25(23)38)26(39)19-37-32-20-31-34-37)28-33-24(22-12-8-5-9-13-22)18-35(28)16-21-10-6-4-7-11-21/h4-13,18,20,23,25,27,30,38H,14-17,19H2,1-3H3/t23-,25+,27+/m1/s1. The highest BCUT2D eigenvalue weighted by molar-refractivity contribution is 5.76. The zero-order valence-electron chi connectivity index (χ0n) is 22.7. The number of rotatable bonds is 9. The second-order valence-electron chi connectivity index (χ2n) is 11.2. The van der Waals surface area contributed by atoms with Gasteiger partial charge in [0.2, 0.25) is 5.91 Å². The fourth-order valence-electron chi connectivity index (χ4n) is 5.28. The molecule has 0 unspecified atom stereocenters. The van der Waals surface area contributed by atoms with Crippen LogP contribution in [0.3, 0.4) is 0 Å². The van der Waals surface area contributed by atoms with Crippen LogP contribution in [0.5, 0.6) is 0 Å². The maximum absolute atomic E-state index is 14.0. The molecule has 0 aliphatic carbocycles. The van der Waals surface area contributed by atoms with E-state index in [0.717, 1.165) is 22.6 Å². The van der Waals surface area contributed by atoms with E-state index in [9.17, 15) is 9.90 Å². The van der Waals surface area contributed by atoms with E-state index in [1.807, 2.05) is 53.4 Å². The van der Waals surface area contributed by atoms with Gasteiger partial charge in [-0.2, -0.15) is 4.80 Å². The number of aromatic nitrogens is 6. The third kappa shape index (κ3) is 6.23. The Hall–Kier alpha value is -3.89. The quantitative estimate of drug-likeness (QED) is 0.343. The Labute approximate surface area is 228 Å². The van der Waals surface area contributed by atoms with Gasteiger partial charge < -0.3 is 19.9 Å². The summed E-state index contributed by atoms with van der Waals surface area (Å²) >= 11 is 0. The summed E-state index contributed by atoms with van der Waals surface area (Å²) in [5.41, 5.74) is 2.63. The maximum Gasteiger partial charge on any atom is 0.246 e. The number of hydrogen-bond donors (Lipinski definition) is 2. The number of nitrogens with one attached hydrogen (secondary N) is 1. The molecule has 2 aromatic heterocycles. The molecule has 2 N–H and O–H groups in total. The van der Waals surface area contributed by atoms with Gasteiger partial charge in [-0.15, -0.1) is 10.2 Å². The SMILES string of the molecule is CC(C)(C)[C@H](c1nc(-c2ccccc2)cn1Cc1ccccc1)N(C[C@H]1CNC[C@@H]1O)C(=O)Cn1ncnn1. The molecule has 5 rings (SSSR count). The third-order valence-electron chi connectivity index (χ3n) is 7.17. The van der Waals surface area contributed by atoms with Crippen LogP contribution in [0, 0.1) is 11.3 Å². The molecule has 39 heavy (non-hydrogen) atoms. The molecule has 1 saturated heterocycles. The Morgan fingerprint density at radius 3 is 2.44 bits per heavy atom. The number of hydrogen-bond acceptors (Lipinski definition) is 7. The summed E-state index contributed by atoms with van der Waals surface area (Å²) in [4.78, 5) is 22.3. The van der Waals surface area contributed by atoms with Crippen molar-refractivity contribution in [2.45, 2.75) is 46.0 Å². The van der Waals surface area contributed by atoms with Crippen molar-refractivity contribution in [1.82, 2.24) is 40.0 Å². The van der Waals surface area contributed by atoms with Crippen molar-refractivity contribution >= 4 is 5.91 Å². The Bertz CT molecular complexity index is 1350. The molecule has 0 bridgehead atoms. The number of imidazole rings is 1. The van der Waals surface area contributed by atoms with Gasteiger partial charge in [0.25, 0.3) is 0 Å². The van der Waals surface area contributed by atoms with E-state index in [0.29, 0.717) is 26.2 Å². The average Bonchev–Trinajstić information content (AvgIpc) is 3.67. The lowest BCUT2D eigenvalue weighted by atomic mass is 9.84. The van der Waals surface area contributed by atoms with Crippen molar-refractivity contribution < 1.29 is 9.90 Å². The molecule has 2 aromatic carbocycles. The van der Waals surface area contributed by atoms with Crippen LogP contribution in [0.1, 0.15) is 38.2 Å². The first-order valence-electron chi connectivity index (χ1n) is 13.3. The van der Waals surface area contributed by atoms with E-state index in [2.05, 4.69) is 64.4 Å². The fourth-order valence-corrected chi connectivity index (χ4v) is 5.28. The summed E-state index contributed by atoms with van der Waals surface area (Å²) in [6.07, 6.45) is 2.86. The zero-order chi connectivity index (χ0) is 27.4. The summed E-state index contributed by atoms with van der Waals surface area (Å²) in [7, 11) is 0. The minimum absolute atomic E-state index is 0.0479. The number of carbonyl (C=O) groups is 1. The smallest absolute Gasteiger partial charge is 0.246 e. The van der Waals surface area contributed by atoms with Crippen LogP contribution in [0.15, 0.2) is 73.2 Å². The second kappa shape index (κ2) is 11.5. The number of benzene rings is 2. The molecule has 3 heterocycles. The summed E-state index contributed by atoms with van der Waals surface area (Å²) < 4.78 is 2.16. The van der Waals surface area contributed by atoms with Crippen molar-refractivity contribution in [1.29, 1.82) is 0 Å². The Balaban J connectivity index is 1.60. The first-order valence-corrected chi connectivity index (χ1v) is 13.3. The van der Waals surface area contributed by atoms with Crippen LogP contribution in [-0.2, 0) is 17.9 Å². The molecule has 0 saturated carbocycles. The van der Waals surface area contributed by atoms with Gasteiger partial charge in [0.15, 0.2) is 6.33 Å². The third-order valence-corrected chi connectivity index (χ3v) is 7.17. The topological polar surface area (TPSA) is 114 Å². The Morgan fingerprint density at radius 2 is 1.82 bits per heavy atom. The van der Waals surface area contributed by atoms with Gasteiger partial charge in [-0.3, -0.25) is 4.79 Å². The predicted molar refractivity (Wildman–Crippen MR) is 147 cm³/mol. The fraction of sp³-hybridized carbons (Fsp3) is 0.414. The molecule has 10 heteroatoms. The lowest BCUT2D eigenvalue weighted by molar-refractivity contribution is -0.139. The van der Waals surface area contributed by atoms with E-state index in [1.54, 1.807) is 0 Å². The van der Waals surface area contributed by atoms with Crippen LogP contribution in [0.25, 0.3) is 11.3 Å². The van der Waals surface area contributed by atoms with E-state index in [1.165, 1.54) is 11.1 Å². The number of amides is 1. The normalized spacial score (nSPS) is 18.3. The summed E-state index contributed by atoms with van der Waals surface area (Å²) in [5.74, 6) is 0.543. The summed E-state index contributed by atoms with van der Waals surface area (Å²) in [5, 5.41) is 25.7. The van der Waals surface area contributed by atoms with Crippen molar-refractivity contribution in [3.63, 3.8) is 0 Å². The van der Waals surface area contributed by atoms with Crippen molar-refractivity contribution in [3.05, 3.63) is 84.6 Å². The highest BCUT2D eigenvalue weighted by Crippen LogP contribution is 2.40. The van der Waals surface area contributed by atoms with Crippen LogP contribution in [0.4, 0.5) is 0 Å². The summed E-state index contributed by atoms with van der Waals surface area (Å²) in [6, 6.07) is 20.0. The second-order valence-corrected chi connectivity index (χ2v) is 11.2. The van der Waals surface area contributed by atoms with Crippen LogP contribution >= 0.6 is 0 Å². The number of nitrogens with zero attached hydrogens (tertiary/aromatic N) is 7. The summed E-state index contributed by atoms with van der Waals surface area (Å²) in [6.45, 7) is 8.46. The van der Waals surface area contributed by atoms with Crippen molar-refractivity contribution in [2.24, 2.45) is 11.3 Å². The van der Waals surface area contributed by atoms with Gasteiger partial charge in [-0.25, -0.2) is 4.98 Å². The Kier molecular flexibility index (Phi) is 7.85. The number of aliphatic hydroxyl groups excluding tert-OH is 1.